The van der Waals surface area contributed by atoms with Crippen molar-refractivity contribution >= 4 is 18.3 Å². The molecule has 2 rings (SSSR count). The first-order valence-electron chi connectivity index (χ1n) is 8.46. The second-order valence-corrected chi connectivity index (χ2v) is 6.25. The minimum atomic E-state index is -0.426. The lowest BCUT2D eigenvalue weighted by atomic mass is 9.93. The molecule has 1 unspecified atom stereocenters. The third-order valence-corrected chi connectivity index (χ3v) is 4.59. The normalized spacial score (nSPS) is 15.8. The minimum absolute atomic E-state index is 0. The molecule has 1 saturated heterocycles. The fourth-order valence-corrected chi connectivity index (χ4v) is 3.10. The summed E-state index contributed by atoms with van der Waals surface area (Å²) in [6.07, 6.45) is 3.60. The first-order chi connectivity index (χ1) is 11.5. The predicted octanol–water partition coefficient (Wildman–Crippen LogP) is 3.22. The highest BCUT2D eigenvalue weighted by molar-refractivity contribution is 5.85. The van der Waals surface area contributed by atoms with E-state index in [2.05, 4.69) is 10.6 Å². The van der Waals surface area contributed by atoms with Crippen LogP contribution in [0.15, 0.2) is 12.1 Å². The molecule has 2 N–H and O–H groups in total. The summed E-state index contributed by atoms with van der Waals surface area (Å²) in [6.45, 7) is 3.83. The van der Waals surface area contributed by atoms with E-state index in [4.69, 9.17) is 9.47 Å². The van der Waals surface area contributed by atoms with E-state index in [-0.39, 0.29) is 18.3 Å². The van der Waals surface area contributed by atoms with Gasteiger partial charge < -0.3 is 20.1 Å². The van der Waals surface area contributed by atoms with Crippen molar-refractivity contribution in [3.63, 3.8) is 0 Å². The Morgan fingerprint density at radius 3 is 2.48 bits per heavy atom. The fraction of sp³-hybridized carbons (Fsp3) is 0.611. The SMILES string of the molecule is COc1cc(F)c(C(C)NC(=O)CCC2CCNCC2)cc1OC.Cl. The Kier molecular flexibility index (Phi) is 9.00. The number of nitrogens with one attached hydrogen (secondary N) is 2. The first-order valence-corrected chi connectivity index (χ1v) is 8.46. The molecule has 0 bridgehead atoms. The van der Waals surface area contributed by atoms with Crippen LogP contribution in [0.4, 0.5) is 4.39 Å². The number of hydrogen-bond acceptors (Lipinski definition) is 4. The summed E-state index contributed by atoms with van der Waals surface area (Å²) in [5.41, 5.74) is 0.392. The van der Waals surface area contributed by atoms with Crippen molar-refractivity contribution in [3.05, 3.63) is 23.5 Å². The van der Waals surface area contributed by atoms with E-state index in [1.807, 2.05) is 0 Å². The number of ether oxygens (including phenoxy) is 2. The molecule has 1 aromatic rings. The van der Waals surface area contributed by atoms with Gasteiger partial charge in [-0.2, -0.15) is 0 Å². The smallest absolute Gasteiger partial charge is 0.220 e. The molecule has 0 aromatic heterocycles. The van der Waals surface area contributed by atoms with Gasteiger partial charge in [0.1, 0.15) is 5.82 Å². The number of methoxy groups -OCH3 is 2. The molecular weight excluding hydrogens is 347 g/mol. The lowest BCUT2D eigenvalue weighted by molar-refractivity contribution is -0.122. The first kappa shape index (κ1) is 21.5. The van der Waals surface area contributed by atoms with E-state index in [9.17, 15) is 9.18 Å². The molecule has 1 amide bonds. The number of amides is 1. The highest BCUT2D eigenvalue weighted by Crippen LogP contribution is 2.32. The van der Waals surface area contributed by atoms with Crippen LogP contribution in [0.2, 0.25) is 0 Å². The Balaban J connectivity index is 0.00000312. The third kappa shape index (κ3) is 6.04. The van der Waals surface area contributed by atoms with Crippen LogP contribution in [0, 0.1) is 11.7 Å². The third-order valence-electron chi connectivity index (χ3n) is 4.59. The molecule has 0 aliphatic carbocycles. The van der Waals surface area contributed by atoms with Gasteiger partial charge in [0.2, 0.25) is 5.91 Å². The summed E-state index contributed by atoms with van der Waals surface area (Å²) in [7, 11) is 2.96. The van der Waals surface area contributed by atoms with Crippen molar-refractivity contribution in [3.8, 4) is 11.5 Å². The van der Waals surface area contributed by atoms with Gasteiger partial charge in [0.15, 0.2) is 11.5 Å². The molecule has 25 heavy (non-hydrogen) atoms. The van der Waals surface area contributed by atoms with Gasteiger partial charge in [-0.3, -0.25) is 4.79 Å². The molecule has 1 heterocycles. The zero-order chi connectivity index (χ0) is 17.5. The maximum atomic E-state index is 14.2. The molecule has 7 heteroatoms. The summed E-state index contributed by atoms with van der Waals surface area (Å²) in [5.74, 6) is 0.923. The number of benzene rings is 1. The van der Waals surface area contributed by atoms with Crippen LogP contribution >= 0.6 is 12.4 Å². The van der Waals surface area contributed by atoms with E-state index in [0.29, 0.717) is 29.4 Å². The van der Waals surface area contributed by atoms with Crippen LogP contribution < -0.4 is 20.1 Å². The average molecular weight is 375 g/mol. The maximum absolute atomic E-state index is 14.2. The molecular formula is C18H28ClFN2O3. The van der Waals surface area contributed by atoms with Crippen molar-refractivity contribution in [1.82, 2.24) is 10.6 Å². The van der Waals surface area contributed by atoms with Crippen LogP contribution in [0.5, 0.6) is 11.5 Å². The second kappa shape index (κ2) is 10.5. The predicted molar refractivity (Wildman–Crippen MR) is 98.1 cm³/mol. The molecule has 5 nitrogen and oxygen atoms in total. The topological polar surface area (TPSA) is 59.6 Å². The number of hydrogen-bond donors (Lipinski definition) is 2. The van der Waals surface area contributed by atoms with E-state index in [1.54, 1.807) is 13.0 Å². The van der Waals surface area contributed by atoms with Crippen LogP contribution in [0.1, 0.15) is 44.2 Å². The number of halogens is 2. The summed E-state index contributed by atoms with van der Waals surface area (Å²) < 4.78 is 24.5. The lowest BCUT2D eigenvalue weighted by Gasteiger charge is -2.23. The van der Waals surface area contributed by atoms with E-state index in [1.165, 1.54) is 20.3 Å². The van der Waals surface area contributed by atoms with E-state index in [0.717, 1.165) is 32.4 Å². The Morgan fingerprint density at radius 1 is 1.28 bits per heavy atom. The standard InChI is InChI=1S/C18H27FN2O3.ClH/c1-12(14-10-16(23-2)17(24-3)11-15(14)19)21-18(22)5-4-13-6-8-20-9-7-13;/h10-13,20H,4-9H2,1-3H3,(H,21,22);1H. The van der Waals surface area contributed by atoms with Gasteiger partial charge in [-0.05, 0) is 51.3 Å². The zero-order valence-electron chi connectivity index (χ0n) is 15.1. The van der Waals surface area contributed by atoms with Gasteiger partial charge in [-0.25, -0.2) is 4.39 Å². The Bertz CT molecular complexity index is 565. The Hall–Kier alpha value is -1.53. The summed E-state index contributed by atoms with van der Waals surface area (Å²) in [5, 5.41) is 6.19. The second-order valence-electron chi connectivity index (χ2n) is 6.25. The molecule has 1 aliphatic rings. The van der Waals surface area contributed by atoms with Crippen LogP contribution in [0.25, 0.3) is 0 Å². The molecule has 0 spiro atoms. The van der Waals surface area contributed by atoms with Crippen molar-refractivity contribution in [1.29, 1.82) is 0 Å². The highest BCUT2D eigenvalue weighted by atomic mass is 35.5. The number of piperidine rings is 1. The van der Waals surface area contributed by atoms with Crippen LogP contribution in [0.3, 0.4) is 0 Å². The summed E-state index contributed by atoms with van der Waals surface area (Å²) in [4.78, 5) is 12.2. The zero-order valence-corrected chi connectivity index (χ0v) is 15.9. The van der Waals surface area contributed by atoms with E-state index >= 15 is 0 Å². The van der Waals surface area contributed by atoms with Crippen molar-refractivity contribution in [2.45, 2.75) is 38.6 Å². The Morgan fingerprint density at radius 2 is 1.88 bits per heavy atom. The maximum Gasteiger partial charge on any atom is 0.220 e. The molecule has 142 valence electrons. The van der Waals surface area contributed by atoms with Gasteiger partial charge in [0, 0.05) is 18.1 Å². The van der Waals surface area contributed by atoms with Crippen LogP contribution in [-0.4, -0.2) is 33.2 Å². The van der Waals surface area contributed by atoms with Crippen molar-refractivity contribution in [2.75, 3.05) is 27.3 Å². The molecule has 1 aliphatic heterocycles. The molecule has 1 fully saturated rings. The Labute approximate surface area is 155 Å². The van der Waals surface area contributed by atoms with E-state index < -0.39 is 11.9 Å². The number of rotatable bonds is 7. The van der Waals surface area contributed by atoms with Crippen LogP contribution in [-0.2, 0) is 4.79 Å². The van der Waals surface area contributed by atoms with Gasteiger partial charge in [-0.15, -0.1) is 12.4 Å². The van der Waals surface area contributed by atoms with Gasteiger partial charge in [0.05, 0.1) is 20.3 Å². The monoisotopic (exact) mass is 374 g/mol. The quantitative estimate of drug-likeness (QED) is 0.769. The largest absolute Gasteiger partial charge is 0.493 e. The molecule has 1 aromatic carbocycles. The molecule has 0 radical (unpaired) electrons. The highest BCUT2D eigenvalue weighted by Gasteiger charge is 2.19. The number of carbonyl (C=O) groups excluding carboxylic acids is 1. The number of carbonyl (C=O) groups is 1. The van der Waals surface area contributed by atoms with Gasteiger partial charge in [-0.1, -0.05) is 0 Å². The van der Waals surface area contributed by atoms with Crippen molar-refractivity contribution in [2.24, 2.45) is 5.92 Å². The average Bonchev–Trinajstić information content (AvgIpc) is 2.60. The minimum Gasteiger partial charge on any atom is -0.493 e. The molecule has 1 atom stereocenters. The molecule has 0 saturated carbocycles. The van der Waals surface area contributed by atoms with Gasteiger partial charge in [0.25, 0.3) is 0 Å². The summed E-state index contributed by atoms with van der Waals surface area (Å²) in [6, 6.07) is 2.43. The fourth-order valence-electron chi connectivity index (χ4n) is 3.10. The van der Waals surface area contributed by atoms with Gasteiger partial charge >= 0.3 is 0 Å². The summed E-state index contributed by atoms with van der Waals surface area (Å²) >= 11 is 0. The lowest BCUT2D eigenvalue weighted by Crippen LogP contribution is -2.30. The van der Waals surface area contributed by atoms with Crippen molar-refractivity contribution < 1.29 is 18.7 Å².